The van der Waals surface area contributed by atoms with Crippen LogP contribution in [0.1, 0.15) is 13.8 Å². The van der Waals surface area contributed by atoms with Gasteiger partial charge in [0.05, 0.1) is 20.8 Å². The van der Waals surface area contributed by atoms with Crippen LogP contribution in [0.15, 0.2) is 68.3 Å². The van der Waals surface area contributed by atoms with E-state index in [1.807, 2.05) is 59.2 Å². The molecule has 1 aromatic carbocycles. The quantitative estimate of drug-likeness (QED) is 0.163. The summed E-state index contributed by atoms with van der Waals surface area (Å²) >= 11 is 7.55. The highest BCUT2D eigenvalue weighted by molar-refractivity contribution is 7.33. The summed E-state index contributed by atoms with van der Waals surface area (Å²) in [6.45, 7) is 3.65. The van der Waals surface area contributed by atoms with Crippen molar-refractivity contribution in [2.75, 3.05) is 0 Å². The van der Waals surface area contributed by atoms with E-state index in [0.717, 1.165) is 11.1 Å². The maximum atomic E-state index is 8.42. The van der Waals surface area contributed by atoms with Crippen LogP contribution in [0.5, 0.6) is 0 Å². The Morgan fingerprint density at radius 3 is 1.53 bits per heavy atom. The fourth-order valence-corrected chi connectivity index (χ4v) is 8.13. The van der Waals surface area contributed by atoms with Crippen molar-refractivity contribution in [1.29, 1.82) is 10.5 Å². The summed E-state index contributed by atoms with van der Waals surface area (Å²) in [6, 6.07) is 9.24. The molecule has 4 heterocycles. The molecule has 1 aliphatic rings. The van der Waals surface area contributed by atoms with Crippen molar-refractivity contribution in [3.8, 4) is 12.4 Å². The first-order valence-electron chi connectivity index (χ1n) is 9.59. The standard InChI is InChI=1S/C14H6S4.C10H8N4/c1-3-15-13-7-5-12-8(6-11(7)17-9(1)13)14-10(18-12)2-4-16-14;1-7-3-10(14-6-12)8(2)4-9(7)13-5-11/h1-6H;3-4H,1-2H3. The average molecular weight is 487 g/mol. The van der Waals surface area contributed by atoms with E-state index in [1.54, 1.807) is 24.5 Å². The Kier molecular flexibility index (Phi) is 5.46. The minimum absolute atomic E-state index is 0.627. The second-order valence-electron chi connectivity index (χ2n) is 7.13. The number of fused-ring (bicyclic) bond motifs is 6. The molecule has 4 aromatic heterocycles. The molecule has 0 atom stereocenters. The first-order chi connectivity index (χ1) is 15.6. The molecule has 154 valence electrons. The van der Waals surface area contributed by atoms with Crippen molar-refractivity contribution in [2.24, 2.45) is 9.98 Å². The number of allylic oxidation sites excluding steroid dienone is 4. The van der Waals surface area contributed by atoms with Crippen LogP contribution in [0, 0.1) is 22.9 Å². The summed E-state index contributed by atoms with van der Waals surface area (Å²) in [6.07, 6.45) is 6.96. The molecule has 0 radical (unpaired) electrons. The Bertz CT molecular complexity index is 1590. The van der Waals surface area contributed by atoms with Gasteiger partial charge in [0.2, 0.25) is 12.4 Å². The minimum Gasteiger partial charge on any atom is -0.173 e. The summed E-state index contributed by atoms with van der Waals surface area (Å²) in [7, 11) is 0. The molecule has 0 aliphatic heterocycles. The molecule has 0 saturated carbocycles. The number of thiophene rings is 4. The normalized spacial score (nSPS) is 16.2. The first kappa shape index (κ1) is 20.7. The van der Waals surface area contributed by atoms with E-state index in [1.165, 1.54) is 39.0 Å². The lowest BCUT2D eigenvalue weighted by Crippen LogP contribution is -2.10. The summed E-state index contributed by atoms with van der Waals surface area (Å²) in [5.74, 6) is 0. The van der Waals surface area contributed by atoms with Gasteiger partial charge in [0, 0.05) is 29.6 Å². The van der Waals surface area contributed by atoms with Crippen molar-refractivity contribution in [3.63, 3.8) is 0 Å². The van der Waals surface area contributed by atoms with Crippen molar-refractivity contribution in [3.05, 3.63) is 58.3 Å². The van der Waals surface area contributed by atoms with Crippen molar-refractivity contribution in [2.45, 2.75) is 13.8 Å². The summed E-state index contributed by atoms with van der Waals surface area (Å²) in [4.78, 5) is 7.30. The topological polar surface area (TPSA) is 72.3 Å². The molecular formula is C24H14N4S4. The van der Waals surface area contributed by atoms with Gasteiger partial charge in [-0.15, -0.1) is 45.3 Å². The summed E-state index contributed by atoms with van der Waals surface area (Å²) < 4.78 is 8.61. The van der Waals surface area contributed by atoms with Crippen molar-refractivity contribution >= 4 is 95.7 Å². The van der Waals surface area contributed by atoms with E-state index in [-0.39, 0.29) is 0 Å². The Morgan fingerprint density at radius 2 is 1.12 bits per heavy atom. The van der Waals surface area contributed by atoms with Gasteiger partial charge in [0.25, 0.3) is 0 Å². The number of hydrogen-bond acceptors (Lipinski definition) is 8. The van der Waals surface area contributed by atoms with Crippen LogP contribution in [0.2, 0.25) is 0 Å². The Balaban J connectivity index is 0.000000141. The monoisotopic (exact) mass is 486 g/mol. The molecule has 0 saturated heterocycles. The number of hydrogen-bond donors (Lipinski definition) is 0. The van der Waals surface area contributed by atoms with E-state index in [9.17, 15) is 0 Å². The van der Waals surface area contributed by atoms with E-state index in [0.29, 0.717) is 11.4 Å². The third kappa shape index (κ3) is 3.58. The Morgan fingerprint density at radius 1 is 0.688 bits per heavy atom. The Labute approximate surface area is 200 Å². The lowest BCUT2D eigenvalue weighted by atomic mass is 9.98. The second kappa shape index (κ2) is 8.42. The van der Waals surface area contributed by atoms with Gasteiger partial charge in [-0.1, -0.05) is 0 Å². The van der Waals surface area contributed by atoms with E-state index >= 15 is 0 Å². The van der Waals surface area contributed by atoms with Crippen LogP contribution in [0.4, 0.5) is 0 Å². The second-order valence-corrected chi connectivity index (χ2v) is 11.1. The van der Waals surface area contributed by atoms with Crippen LogP contribution in [0.3, 0.4) is 0 Å². The average Bonchev–Trinajstić information content (AvgIpc) is 3.52. The third-order valence-electron chi connectivity index (χ3n) is 5.12. The number of aliphatic imine (C=N–C) groups is 2. The molecule has 0 spiro atoms. The lowest BCUT2D eigenvalue weighted by Gasteiger charge is -2.09. The zero-order chi connectivity index (χ0) is 22.2. The van der Waals surface area contributed by atoms with Gasteiger partial charge in [-0.25, -0.2) is 0 Å². The lowest BCUT2D eigenvalue weighted by molar-refractivity contribution is 1.39. The smallest absolute Gasteiger partial charge is 0.173 e. The predicted octanol–water partition coefficient (Wildman–Crippen LogP) is 8.28. The fraction of sp³-hybridized carbons (Fsp3) is 0.0833. The van der Waals surface area contributed by atoms with Gasteiger partial charge in [-0.3, -0.25) is 0 Å². The number of nitrogens with zero attached hydrogens (tertiary/aromatic N) is 4. The summed E-state index contributed by atoms with van der Waals surface area (Å²) in [5, 5.41) is 24.1. The molecule has 6 rings (SSSR count). The highest BCUT2D eigenvalue weighted by atomic mass is 32.1. The van der Waals surface area contributed by atoms with Crippen molar-refractivity contribution in [1.82, 2.24) is 0 Å². The zero-order valence-electron chi connectivity index (χ0n) is 17.0. The van der Waals surface area contributed by atoms with Gasteiger partial charge in [0.15, 0.2) is 0 Å². The number of nitriles is 2. The molecule has 0 amide bonds. The fourth-order valence-electron chi connectivity index (χ4n) is 3.60. The van der Waals surface area contributed by atoms with Gasteiger partial charge in [0.1, 0.15) is 0 Å². The molecule has 0 bridgehead atoms. The van der Waals surface area contributed by atoms with E-state index in [2.05, 4.69) is 45.0 Å². The highest BCUT2D eigenvalue weighted by Gasteiger charge is 2.12. The van der Waals surface area contributed by atoms with Gasteiger partial charge in [-0.2, -0.15) is 20.5 Å². The van der Waals surface area contributed by atoms with Crippen LogP contribution < -0.4 is 0 Å². The predicted molar refractivity (Wildman–Crippen MR) is 142 cm³/mol. The van der Waals surface area contributed by atoms with Gasteiger partial charge < -0.3 is 0 Å². The SMILES string of the molecule is CC1=CC(=NC#N)C(C)=CC1=NC#N.c1cc2sc3cc4c(cc3c2s1)sc1ccsc14. The molecule has 8 heteroatoms. The third-order valence-corrected chi connectivity index (χ3v) is 9.51. The maximum Gasteiger partial charge on any atom is 0.206 e. The molecule has 32 heavy (non-hydrogen) atoms. The van der Waals surface area contributed by atoms with Crippen molar-refractivity contribution < 1.29 is 0 Å². The molecule has 0 unspecified atom stereocenters. The zero-order valence-corrected chi connectivity index (χ0v) is 20.3. The Hall–Kier alpha value is -3.14. The molecule has 0 N–H and O–H groups in total. The van der Waals surface area contributed by atoms with Crippen LogP contribution in [0.25, 0.3) is 39.0 Å². The molecule has 5 aromatic rings. The summed E-state index contributed by atoms with van der Waals surface area (Å²) in [5.41, 5.74) is 2.93. The number of benzene rings is 1. The molecule has 1 aliphatic carbocycles. The van der Waals surface area contributed by atoms with Gasteiger partial charge >= 0.3 is 0 Å². The largest absolute Gasteiger partial charge is 0.206 e. The van der Waals surface area contributed by atoms with Crippen LogP contribution >= 0.6 is 45.3 Å². The molecule has 0 fully saturated rings. The van der Waals surface area contributed by atoms with Crippen LogP contribution in [-0.2, 0) is 0 Å². The van der Waals surface area contributed by atoms with E-state index in [4.69, 9.17) is 10.5 Å². The minimum atomic E-state index is 0.627. The molecular weight excluding hydrogens is 473 g/mol. The highest BCUT2D eigenvalue weighted by Crippen LogP contribution is 2.44. The van der Waals surface area contributed by atoms with E-state index < -0.39 is 0 Å². The first-order valence-corrected chi connectivity index (χ1v) is 13.0. The van der Waals surface area contributed by atoms with Gasteiger partial charge in [-0.05, 0) is 72.2 Å². The number of rotatable bonds is 0. The van der Waals surface area contributed by atoms with Crippen LogP contribution in [-0.4, -0.2) is 11.4 Å². The molecule has 4 nitrogen and oxygen atoms in total. The maximum absolute atomic E-state index is 8.42.